The van der Waals surface area contributed by atoms with Gasteiger partial charge in [-0.2, -0.15) is 0 Å². The van der Waals surface area contributed by atoms with Gasteiger partial charge in [0, 0.05) is 39.0 Å². The van der Waals surface area contributed by atoms with Gasteiger partial charge in [-0.05, 0) is 86.6 Å². The molecule has 0 aliphatic rings. The van der Waals surface area contributed by atoms with E-state index in [1.165, 1.54) is 17.8 Å². The van der Waals surface area contributed by atoms with E-state index in [2.05, 4.69) is 16.0 Å². The molecular formula is C37H32N4O5S. The van der Waals surface area contributed by atoms with Gasteiger partial charge in [0.2, 0.25) is 11.8 Å². The summed E-state index contributed by atoms with van der Waals surface area (Å²) in [4.78, 5) is 51.3. The monoisotopic (exact) mass is 644 g/mol. The van der Waals surface area contributed by atoms with Gasteiger partial charge < -0.3 is 26.1 Å². The van der Waals surface area contributed by atoms with Crippen LogP contribution in [0.2, 0.25) is 0 Å². The lowest BCUT2D eigenvalue weighted by Crippen LogP contribution is -2.30. The molecule has 0 saturated carbocycles. The van der Waals surface area contributed by atoms with Gasteiger partial charge in [0.15, 0.2) is 0 Å². The maximum atomic E-state index is 13.5. The van der Waals surface area contributed by atoms with Crippen LogP contribution in [0.1, 0.15) is 39.0 Å². The molecule has 1 atom stereocenters. The largest absolute Gasteiger partial charge is 0.457 e. The van der Waals surface area contributed by atoms with E-state index in [0.717, 1.165) is 16.0 Å². The van der Waals surface area contributed by atoms with Crippen LogP contribution < -0.4 is 21.7 Å². The van der Waals surface area contributed by atoms with Gasteiger partial charge in [0.05, 0.1) is 5.25 Å². The minimum atomic E-state index is -0.543. The smallest absolute Gasteiger partial charge is 0.272 e. The summed E-state index contributed by atoms with van der Waals surface area (Å²) in [6, 6.07) is 33.4. The zero-order valence-corrected chi connectivity index (χ0v) is 26.5. The average molecular weight is 645 g/mol. The second kappa shape index (κ2) is 14.9. The Morgan fingerprint density at radius 1 is 0.745 bits per heavy atom. The number of furan rings is 1. The fourth-order valence-corrected chi connectivity index (χ4v) is 5.29. The molecule has 1 aromatic heterocycles. The van der Waals surface area contributed by atoms with Crippen molar-refractivity contribution in [1.82, 2.24) is 5.32 Å². The average Bonchev–Trinajstić information content (AvgIpc) is 3.54. The number of carbonyl (C=O) groups is 4. The van der Waals surface area contributed by atoms with Crippen molar-refractivity contribution in [2.24, 2.45) is 5.73 Å². The number of amides is 4. The summed E-state index contributed by atoms with van der Waals surface area (Å²) in [6.45, 7) is 3.78. The number of anilines is 2. The van der Waals surface area contributed by atoms with Crippen molar-refractivity contribution < 1.29 is 23.6 Å². The number of rotatable bonds is 11. The Hall–Kier alpha value is -5.87. The second-order valence-corrected chi connectivity index (χ2v) is 12.0. The quantitative estimate of drug-likeness (QED) is 0.0912. The summed E-state index contributed by atoms with van der Waals surface area (Å²) in [5.74, 6) is -0.727. The number of carbonyl (C=O) groups excluding carboxylic acids is 4. The van der Waals surface area contributed by atoms with E-state index < -0.39 is 23.0 Å². The number of primary amides is 1. The van der Waals surface area contributed by atoms with Crippen molar-refractivity contribution in [2.45, 2.75) is 24.0 Å². The van der Waals surface area contributed by atoms with Gasteiger partial charge in [-0.1, -0.05) is 48.0 Å². The number of benzene rings is 4. The van der Waals surface area contributed by atoms with E-state index >= 15 is 0 Å². The van der Waals surface area contributed by atoms with Crippen molar-refractivity contribution in [3.05, 3.63) is 143 Å². The van der Waals surface area contributed by atoms with Gasteiger partial charge in [-0.3, -0.25) is 19.2 Å². The predicted molar refractivity (Wildman–Crippen MR) is 185 cm³/mol. The van der Waals surface area contributed by atoms with Gasteiger partial charge in [-0.15, -0.1) is 11.8 Å². The topological polar surface area (TPSA) is 144 Å². The van der Waals surface area contributed by atoms with E-state index in [-0.39, 0.29) is 11.6 Å². The molecule has 0 radical (unpaired) electrons. The molecule has 5 N–H and O–H groups in total. The van der Waals surface area contributed by atoms with Crippen LogP contribution in [0.5, 0.6) is 0 Å². The zero-order valence-electron chi connectivity index (χ0n) is 25.7. The Labute approximate surface area is 276 Å². The van der Waals surface area contributed by atoms with E-state index in [1.807, 2.05) is 37.3 Å². The van der Waals surface area contributed by atoms with Crippen molar-refractivity contribution in [3.8, 4) is 11.3 Å². The fraction of sp³-hybridized carbons (Fsp3) is 0.0811. The van der Waals surface area contributed by atoms with Crippen LogP contribution in [-0.4, -0.2) is 28.9 Å². The number of hydrogen-bond acceptors (Lipinski definition) is 6. The lowest BCUT2D eigenvalue weighted by Gasteiger charge is -2.13. The third-order valence-corrected chi connectivity index (χ3v) is 8.12. The minimum absolute atomic E-state index is 0.00346. The molecular weight excluding hydrogens is 612 g/mol. The molecule has 4 aromatic carbocycles. The standard InChI is InChI=1S/C37H32N4O5S/c1-23-8-10-25(11-9-23)33-21-18-30(46-33)22-32(41-36(44)27-6-4-3-5-7-27)37(45)40-29-16-19-31(20-17-29)47-24(2)35(43)39-28-14-12-26(13-15-28)34(38)42/h3-22,24H,1-2H3,(H2,38,42)(H,39,43)(H,40,45)(H,41,44)/b32-22-/t24-/m1/s1. The second-order valence-electron chi connectivity index (χ2n) is 10.6. The van der Waals surface area contributed by atoms with Crippen LogP contribution in [0.4, 0.5) is 11.4 Å². The zero-order chi connectivity index (χ0) is 33.3. The lowest BCUT2D eigenvalue weighted by molar-refractivity contribution is -0.115. The summed E-state index contributed by atoms with van der Waals surface area (Å²) >= 11 is 1.34. The maximum absolute atomic E-state index is 13.5. The molecule has 10 heteroatoms. The van der Waals surface area contributed by atoms with Crippen LogP contribution in [0, 0.1) is 6.92 Å². The molecule has 0 aliphatic heterocycles. The van der Waals surface area contributed by atoms with Crippen molar-refractivity contribution >= 4 is 52.8 Å². The molecule has 0 bridgehead atoms. The molecule has 4 amide bonds. The molecule has 0 aliphatic carbocycles. The Bertz CT molecular complexity index is 1920. The van der Waals surface area contributed by atoms with E-state index in [1.54, 1.807) is 91.9 Å². The Kier molecular flexibility index (Phi) is 10.3. The number of hydrogen-bond donors (Lipinski definition) is 4. The van der Waals surface area contributed by atoms with Crippen LogP contribution in [0.3, 0.4) is 0 Å². The summed E-state index contributed by atoms with van der Waals surface area (Å²) in [6.07, 6.45) is 1.49. The van der Waals surface area contributed by atoms with Crippen LogP contribution in [-0.2, 0) is 9.59 Å². The molecule has 9 nitrogen and oxygen atoms in total. The molecule has 47 heavy (non-hydrogen) atoms. The van der Waals surface area contributed by atoms with Crippen LogP contribution in [0.25, 0.3) is 17.4 Å². The summed E-state index contributed by atoms with van der Waals surface area (Å²) in [5.41, 5.74) is 9.07. The van der Waals surface area contributed by atoms with Crippen molar-refractivity contribution in [1.29, 1.82) is 0 Å². The lowest BCUT2D eigenvalue weighted by atomic mass is 10.1. The van der Waals surface area contributed by atoms with Gasteiger partial charge in [0.25, 0.3) is 11.8 Å². The highest BCUT2D eigenvalue weighted by atomic mass is 32.2. The first kappa shape index (κ1) is 32.5. The van der Waals surface area contributed by atoms with Gasteiger partial charge in [-0.25, -0.2) is 0 Å². The highest BCUT2D eigenvalue weighted by Gasteiger charge is 2.18. The highest BCUT2D eigenvalue weighted by molar-refractivity contribution is 8.00. The first-order chi connectivity index (χ1) is 22.6. The third kappa shape index (κ3) is 8.86. The predicted octanol–water partition coefficient (Wildman–Crippen LogP) is 6.88. The SMILES string of the molecule is Cc1ccc(-c2ccc(/C=C(\NC(=O)c3ccccc3)C(=O)Nc3ccc(S[C@H](C)C(=O)Nc4ccc(C(N)=O)cc4)cc3)o2)cc1. The van der Waals surface area contributed by atoms with Gasteiger partial charge >= 0.3 is 0 Å². The van der Waals surface area contributed by atoms with Gasteiger partial charge in [0.1, 0.15) is 17.2 Å². The Morgan fingerprint density at radius 3 is 2.04 bits per heavy atom. The van der Waals surface area contributed by atoms with Crippen LogP contribution >= 0.6 is 11.8 Å². The summed E-state index contributed by atoms with van der Waals surface area (Å²) < 4.78 is 5.99. The van der Waals surface area contributed by atoms with Crippen LogP contribution in [0.15, 0.2) is 130 Å². The molecule has 5 aromatic rings. The third-order valence-electron chi connectivity index (χ3n) is 7.01. The van der Waals surface area contributed by atoms with Crippen molar-refractivity contribution in [2.75, 3.05) is 10.6 Å². The van der Waals surface area contributed by atoms with E-state index in [9.17, 15) is 19.2 Å². The summed E-state index contributed by atoms with van der Waals surface area (Å²) in [5, 5.41) is 7.93. The molecule has 0 spiro atoms. The highest BCUT2D eigenvalue weighted by Crippen LogP contribution is 2.27. The number of nitrogens with one attached hydrogen (secondary N) is 3. The minimum Gasteiger partial charge on any atom is -0.457 e. The Morgan fingerprint density at radius 2 is 1.38 bits per heavy atom. The molecule has 236 valence electrons. The first-order valence-electron chi connectivity index (χ1n) is 14.7. The van der Waals surface area contributed by atoms with Crippen molar-refractivity contribution in [3.63, 3.8) is 0 Å². The maximum Gasteiger partial charge on any atom is 0.272 e. The number of nitrogens with two attached hydrogens (primary N) is 1. The molecule has 5 rings (SSSR count). The number of aryl methyl sites for hydroxylation is 1. The van der Waals surface area contributed by atoms with E-state index in [0.29, 0.717) is 34.0 Å². The number of thioether (sulfide) groups is 1. The molecule has 0 unspecified atom stereocenters. The Balaban J connectivity index is 1.26. The molecule has 1 heterocycles. The molecule has 0 saturated heterocycles. The van der Waals surface area contributed by atoms with E-state index in [4.69, 9.17) is 10.2 Å². The fourth-order valence-electron chi connectivity index (χ4n) is 4.42. The summed E-state index contributed by atoms with van der Waals surface area (Å²) in [7, 11) is 0. The normalized spacial score (nSPS) is 11.7. The molecule has 0 fully saturated rings. The first-order valence-corrected chi connectivity index (χ1v) is 15.6.